The van der Waals surface area contributed by atoms with Gasteiger partial charge in [-0.3, -0.25) is 0 Å². The second-order valence-electron chi connectivity index (χ2n) is 5.81. The van der Waals surface area contributed by atoms with Crippen molar-refractivity contribution in [2.45, 2.75) is 32.6 Å². The Kier molecular flexibility index (Phi) is 5.60. The molecule has 2 rings (SSSR count). The minimum Gasteiger partial charge on any atom is -0.462 e. The molecule has 0 saturated heterocycles. The van der Waals surface area contributed by atoms with Gasteiger partial charge in [0.2, 0.25) is 0 Å². The minimum absolute atomic E-state index is 0.205. The van der Waals surface area contributed by atoms with Crippen LogP contribution in [0.2, 0.25) is 0 Å². The summed E-state index contributed by atoms with van der Waals surface area (Å²) >= 11 is 0. The van der Waals surface area contributed by atoms with Crippen LogP contribution in [0.4, 0.5) is 0 Å². The van der Waals surface area contributed by atoms with E-state index >= 15 is 0 Å². The highest BCUT2D eigenvalue weighted by atomic mass is 16.5. The number of methoxy groups -OCH3 is 1. The van der Waals surface area contributed by atoms with Gasteiger partial charge in [0.25, 0.3) is 0 Å². The summed E-state index contributed by atoms with van der Waals surface area (Å²) in [6, 6.07) is 7.53. The Morgan fingerprint density at radius 1 is 1.05 bits per heavy atom. The fraction of sp³-hybridized carbons (Fsp3) is 0.588. The molecule has 110 valence electrons. The molecule has 3 heteroatoms. The number of carbonyl (C=O) groups is 1. The number of ether oxygens (including phenoxy) is 2. The first kappa shape index (κ1) is 15.0. The summed E-state index contributed by atoms with van der Waals surface area (Å²) in [5.74, 6) is 0.991. The summed E-state index contributed by atoms with van der Waals surface area (Å²) in [4.78, 5) is 11.9. The fourth-order valence-electron chi connectivity index (χ4n) is 2.77. The molecule has 0 aromatic heterocycles. The molecule has 1 aromatic carbocycles. The Balaban J connectivity index is 1.73. The van der Waals surface area contributed by atoms with Gasteiger partial charge < -0.3 is 9.47 Å². The third-order valence-corrected chi connectivity index (χ3v) is 4.11. The maximum Gasteiger partial charge on any atom is 0.338 e. The monoisotopic (exact) mass is 276 g/mol. The molecule has 3 nitrogen and oxygen atoms in total. The van der Waals surface area contributed by atoms with Crippen LogP contribution in [0.15, 0.2) is 24.3 Å². The van der Waals surface area contributed by atoms with Gasteiger partial charge in [-0.15, -0.1) is 0 Å². The standard InChI is InChI=1S/C17H24O3/c1-13-3-9-16(10-4-13)17(18)20-12-15-7-5-14(6-8-15)11-19-2/h3-4,9-10,14-15H,5-8,11-12H2,1-2H3. The molecule has 0 radical (unpaired) electrons. The third kappa shape index (κ3) is 4.34. The SMILES string of the molecule is COCC1CCC(COC(=O)c2ccc(C)cc2)CC1. The Morgan fingerprint density at radius 3 is 2.15 bits per heavy atom. The minimum atomic E-state index is -0.205. The first-order chi connectivity index (χ1) is 9.69. The predicted octanol–water partition coefficient (Wildman–Crippen LogP) is 3.60. The van der Waals surface area contributed by atoms with Gasteiger partial charge in [-0.25, -0.2) is 4.79 Å². The number of benzene rings is 1. The van der Waals surface area contributed by atoms with E-state index in [9.17, 15) is 4.79 Å². The van der Waals surface area contributed by atoms with Crippen molar-refractivity contribution in [2.75, 3.05) is 20.3 Å². The normalized spacial score (nSPS) is 22.5. The Hall–Kier alpha value is -1.35. The lowest BCUT2D eigenvalue weighted by molar-refractivity contribution is 0.0368. The van der Waals surface area contributed by atoms with E-state index in [1.807, 2.05) is 31.2 Å². The molecule has 0 atom stereocenters. The van der Waals surface area contributed by atoms with Gasteiger partial charge in [-0.2, -0.15) is 0 Å². The van der Waals surface area contributed by atoms with Crippen LogP contribution in [0.3, 0.4) is 0 Å². The Bertz CT molecular complexity index is 416. The van der Waals surface area contributed by atoms with E-state index in [0.717, 1.165) is 25.0 Å². The van der Waals surface area contributed by atoms with E-state index in [1.54, 1.807) is 7.11 Å². The van der Waals surface area contributed by atoms with Crippen LogP contribution >= 0.6 is 0 Å². The highest BCUT2D eigenvalue weighted by molar-refractivity contribution is 5.89. The van der Waals surface area contributed by atoms with Gasteiger partial charge >= 0.3 is 5.97 Å². The molecule has 0 aliphatic heterocycles. The zero-order valence-corrected chi connectivity index (χ0v) is 12.4. The molecule has 1 saturated carbocycles. The van der Waals surface area contributed by atoms with E-state index < -0.39 is 0 Å². The van der Waals surface area contributed by atoms with Gasteiger partial charge in [0.05, 0.1) is 12.2 Å². The van der Waals surface area contributed by atoms with Crippen LogP contribution < -0.4 is 0 Å². The molecular weight excluding hydrogens is 252 g/mol. The lowest BCUT2D eigenvalue weighted by Gasteiger charge is -2.27. The van der Waals surface area contributed by atoms with Crippen LogP contribution in [-0.2, 0) is 9.47 Å². The van der Waals surface area contributed by atoms with Crippen molar-refractivity contribution < 1.29 is 14.3 Å². The highest BCUT2D eigenvalue weighted by Gasteiger charge is 2.22. The Labute approximate surface area is 121 Å². The summed E-state index contributed by atoms with van der Waals surface area (Å²) in [5, 5.41) is 0. The van der Waals surface area contributed by atoms with Gasteiger partial charge in [0, 0.05) is 13.7 Å². The van der Waals surface area contributed by atoms with Gasteiger partial charge in [-0.1, -0.05) is 17.7 Å². The van der Waals surface area contributed by atoms with Crippen LogP contribution in [0.25, 0.3) is 0 Å². The van der Waals surface area contributed by atoms with E-state index in [4.69, 9.17) is 9.47 Å². The average Bonchev–Trinajstić information content (AvgIpc) is 2.47. The summed E-state index contributed by atoms with van der Waals surface area (Å²) in [7, 11) is 1.76. The number of carbonyl (C=O) groups excluding carboxylic acids is 1. The summed E-state index contributed by atoms with van der Waals surface area (Å²) in [5.41, 5.74) is 1.79. The first-order valence-corrected chi connectivity index (χ1v) is 7.41. The van der Waals surface area contributed by atoms with Crippen LogP contribution in [-0.4, -0.2) is 26.3 Å². The van der Waals surface area contributed by atoms with Crippen LogP contribution in [0, 0.1) is 18.8 Å². The molecule has 0 spiro atoms. The molecule has 0 heterocycles. The molecule has 1 aliphatic carbocycles. The van der Waals surface area contributed by atoms with Gasteiger partial charge in [-0.05, 0) is 56.6 Å². The molecule has 0 amide bonds. The van der Waals surface area contributed by atoms with E-state index in [-0.39, 0.29) is 5.97 Å². The van der Waals surface area contributed by atoms with Gasteiger partial charge in [0.15, 0.2) is 0 Å². The van der Waals surface area contributed by atoms with E-state index in [2.05, 4.69) is 0 Å². The molecule has 0 bridgehead atoms. The lowest BCUT2D eigenvalue weighted by Crippen LogP contribution is -2.22. The highest BCUT2D eigenvalue weighted by Crippen LogP contribution is 2.29. The molecule has 0 unspecified atom stereocenters. The lowest BCUT2D eigenvalue weighted by atomic mass is 9.83. The molecule has 1 aromatic rings. The van der Waals surface area contributed by atoms with Crippen molar-refractivity contribution in [2.24, 2.45) is 11.8 Å². The van der Waals surface area contributed by atoms with Crippen molar-refractivity contribution in [3.63, 3.8) is 0 Å². The van der Waals surface area contributed by atoms with Crippen molar-refractivity contribution >= 4 is 5.97 Å². The van der Waals surface area contributed by atoms with E-state index in [0.29, 0.717) is 24.0 Å². The Morgan fingerprint density at radius 2 is 1.60 bits per heavy atom. The summed E-state index contributed by atoms with van der Waals surface area (Å²) < 4.78 is 10.6. The summed E-state index contributed by atoms with van der Waals surface area (Å²) in [6.07, 6.45) is 4.63. The molecule has 0 N–H and O–H groups in total. The number of hydrogen-bond donors (Lipinski definition) is 0. The quantitative estimate of drug-likeness (QED) is 0.771. The van der Waals surface area contributed by atoms with Crippen LogP contribution in [0.1, 0.15) is 41.6 Å². The third-order valence-electron chi connectivity index (χ3n) is 4.11. The van der Waals surface area contributed by atoms with Crippen molar-refractivity contribution in [3.05, 3.63) is 35.4 Å². The van der Waals surface area contributed by atoms with Crippen molar-refractivity contribution in [3.8, 4) is 0 Å². The smallest absolute Gasteiger partial charge is 0.338 e. The maximum atomic E-state index is 11.9. The molecule has 1 aliphatic rings. The van der Waals surface area contributed by atoms with Crippen molar-refractivity contribution in [1.29, 1.82) is 0 Å². The van der Waals surface area contributed by atoms with Crippen LogP contribution in [0.5, 0.6) is 0 Å². The topological polar surface area (TPSA) is 35.5 Å². The summed E-state index contributed by atoms with van der Waals surface area (Å²) in [6.45, 7) is 3.41. The number of hydrogen-bond acceptors (Lipinski definition) is 3. The zero-order chi connectivity index (χ0) is 14.4. The molecular formula is C17H24O3. The van der Waals surface area contributed by atoms with Gasteiger partial charge in [0.1, 0.15) is 0 Å². The average molecular weight is 276 g/mol. The molecule has 1 fully saturated rings. The zero-order valence-electron chi connectivity index (χ0n) is 12.4. The second-order valence-corrected chi connectivity index (χ2v) is 5.81. The number of rotatable bonds is 5. The van der Waals surface area contributed by atoms with E-state index in [1.165, 1.54) is 12.8 Å². The maximum absolute atomic E-state index is 11.9. The van der Waals surface area contributed by atoms with Crippen molar-refractivity contribution in [1.82, 2.24) is 0 Å². The number of aryl methyl sites for hydroxylation is 1. The number of esters is 1. The largest absolute Gasteiger partial charge is 0.462 e. The first-order valence-electron chi connectivity index (χ1n) is 7.41. The molecule has 20 heavy (non-hydrogen) atoms. The predicted molar refractivity (Wildman–Crippen MR) is 78.8 cm³/mol. The fourth-order valence-corrected chi connectivity index (χ4v) is 2.77. The second kappa shape index (κ2) is 7.44.